The van der Waals surface area contributed by atoms with Crippen LogP contribution in [0.3, 0.4) is 0 Å². The number of carbonyl (C=O) groups is 1. The maximum absolute atomic E-state index is 12.7. The number of carbonyl (C=O) groups excluding carboxylic acids is 1. The third kappa shape index (κ3) is 5.03. The van der Waals surface area contributed by atoms with Crippen molar-refractivity contribution >= 4 is 5.97 Å². The smallest absolute Gasteiger partial charge is 0.338 e. The Morgan fingerprint density at radius 3 is 2.45 bits per heavy atom. The van der Waals surface area contributed by atoms with Gasteiger partial charge in [-0.15, -0.1) is 0 Å². The molecule has 1 aromatic rings. The van der Waals surface area contributed by atoms with E-state index < -0.39 is 0 Å². The third-order valence-corrected chi connectivity index (χ3v) is 12.6. The summed E-state index contributed by atoms with van der Waals surface area (Å²) < 4.78 is 6.02. The molecule has 0 aliphatic heterocycles. The van der Waals surface area contributed by atoms with Gasteiger partial charge in [-0.2, -0.15) is 0 Å². The minimum atomic E-state index is -0.160. The molecule has 0 radical (unpaired) electrons. The molecule has 3 saturated carbocycles. The number of esters is 1. The molecule has 2 heteroatoms. The van der Waals surface area contributed by atoms with Crippen molar-refractivity contribution in [2.45, 2.75) is 118 Å². The second-order valence-electron chi connectivity index (χ2n) is 14.6. The first-order valence-corrected chi connectivity index (χ1v) is 16.1. The van der Waals surface area contributed by atoms with Crippen molar-refractivity contribution in [1.29, 1.82) is 0 Å². The molecule has 0 bridgehead atoms. The molecule has 2 nitrogen and oxygen atoms in total. The second kappa shape index (κ2) is 11.1. The van der Waals surface area contributed by atoms with E-state index in [1.54, 1.807) is 5.57 Å². The molecule has 4 aliphatic rings. The number of ether oxygens (including phenoxy) is 1. The van der Waals surface area contributed by atoms with Crippen LogP contribution in [0.5, 0.6) is 0 Å². The van der Waals surface area contributed by atoms with Gasteiger partial charge in [0, 0.05) is 6.42 Å². The Kier molecular flexibility index (Phi) is 8.19. The average molecular weight is 519 g/mol. The van der Waals surface area contributed by atoms with Crippen LogP contribution in [0.15, 0.2) is 42.0 Å². The van der Waals surface area contributed by atoms with Crippen LogP contribution in [0.4, 0.5) is 0 Å². The lowest BCUT2D eigenvalue weighted by molar-refractivity contribution is -0.0596. The van der Waals surface area contributed by atoms with Crippen molar-refractivity contribution in [2.75, 3.05) is 0 Å². The molecule has 1 aromatic carbocycles. The number of benzene rings is 1. The lowest BCUT2D eigenvalue weighted by Gasteiger charge is -2.58. The van der Waals surface area contributed by atoms with Crippen LogP contribution >= 0.6 is 0 Å². The van der Waals surface area contributed by atoms with Crippen LogP contribution in [0.25, 0.3) is 0 Å². The molecule has 4 aliphatic carbocycles. The fourth-order valence-electron chi connectivity index (χ4n) is 10.2. The van der Waals surface area contributed by atoms with E-state index in [2.05, 4.69) is 47.6 Å². The zero-order chi connectivity index (χ0) is 27.1. The van der Waals surface area contributed by atoms with E-state index in [0.29, 0.717) is 16.4 Å². The molecule has 3 fully saturated rings. The van der Waals surface area contributed by atoms with Gasteiger partial charge in [0.15, 0.2) is 0 Å². The first-order chi connectivity index (χ1) is 18.2. The van der Waals surface area contributed by atoms with Crippen molar-refractivity contribution in [2.24, 2.45) is 52.3 Å². The molecule has 0 saturated heterocycles. The van der Waals surface area contributed by atoms with E-state index in [1.807, 2.05) is 30.3 Å². The highest BCUT2D eigenvalue weighted by Crippen LogP contribution is 2.67. The molecule has 0 spiro atoms. The van der Waals surface area contributed by atoms with Crippen LogP contribution in [-0.2, 0) is 4.74 Å². The molecule has 0 aromatic heterocycles. The van der Waals surface area contributed by atoms with Crippen LogP contribution in [0.1, 0.15) is 123 Å². The Morgan fingerprint density at radius 2 is 1.74 bits per heavy atom. The Morgan fingerprint density at radius 1 is 0.974 bits per heavy atom. The summed E-state index contributed by atoms with van der Waals surface area (Å²) in [5.41, 5.74) is 3.10. The maximum atomic E-state index is 12.7. The van der Waals surface area contributed by atoms with E-state index in [9.17, 15) is 4.79 Å². The molecule has 38 heavy (non-hydrogen) atoms. The van der Waals surface area contributed by atoms with Crippen molar-refractivity contribution < 1.29 is 9.53 Å². The van der Waals surface area contributed by atoms with Crippen molar-refractivity contribution in [3.8, 4) is 0 Å². The zero-order valence-electron chi connectivity index (χ0n) is 25.2. The summed E-state index contributed by atoms with van der Waals surface area (Å²) >= 11 is 0. The second-order valence-corrected chi connectivity index (χ2v) is 14.6. The predicted molar refractivity (Wildman–Crippen MR) is 158 cm³/mol. The van der Waals surface area contributed by atoms with Crippen LogP contribution in [-0.4, -0.2) is 12.1 Å². The van der Waals surface area contributed by atoms with Gasteiger partial charge in [-0.25, -0.2) is 4.79 Å². The first-order valence-electron chi connectivity index (χ1n) is 16.1. The van der Waals surface area contributed by atoms with Gasteiger partial charge in [-0.3, -0.25) is 0 Å². The fraction of sp³-hybridized carbons (Fsp3) is 0.750. The Hall–Kier alpha value is -1.57. The van der Waals surface area contributed by atoms with Gasteiger partial charge in [0.05, 0.1) is 5.56 Å². The maximum Gasteiger partial charge on any atom is 0.338 e. The van der Waals surface area contributed by atoms with Gasteiger partial charge in [0.1, 0.15) is 6.10 Å². The monoisotopic (exact) mass is 518 g/mol. The average Bonchev–Trinajstić information content (AvgIpc) is 3.26. The lowest BCUT2D eigenvalue weighted by Crippen LogP contribution is -2.51. The van der Waals surface area contributed by atoms with E-state index in [-0.39, 0.29) is 12.1 Å². The van der Waals surface area contributed by atoms with Gasteiger partial charge in [0.2, 0.25) is 0 Å². The Balaban J connectivity index is 1.25. The van der Waals surface area contributed by atoms with Crippen molar-refractivity contribution in [3.63, 3.8) is 0 Å². The SMILES string of the molecule is CC[C@@H](CC[C@H](C)[C@@H]1CC[C@@H]2[C@H]3CC=C4C[C@@H](OC(=O)c5ccccc5)CC[C@]4(C)[C@@H]3CC[C@@]21C)C(C)C. The van der Waals surface area contributed by atoms with E-state index >= 15 is 0 Å². The summed E-state index contributed by atoms with van der Waals surface area (Å²) in [7, 11) is 0. The van der Waals surface area contributed by atoms with E-state index in [1.165, 1.54) is 57.8 Å². The summed E-state index contributed by atoms with van der Waals surface area (Å²) in [5, 5.41) is 0. The van der Waals surface area contributed by atoms with Crippen LogP contribution < -0.4 is 0 Å². The van der Waals surface area contributed by atoms with Gasteiger partial charge < -0.3 is 4.74 Å². The zero-order valence-corrected chi connectivity index (χ0v) is 25.2. The number of hydrogen-bond donors (Lipinski definition) is 0. The molecule has 0 amide bonds. The highest BCUT2D eigenvalue weighted by molar-refractivity contribution is 5.89. The summed E-state index contributed by atoms with van der Waals surface area (Å²) in [6.07, 6.45) is 16.9. The number of allylic oxidation sites excluding steroid dienone is 1. The molecule has 0 N–H and O–H groups in total. The van der Waals surface area contributed by atoms with Gasteiger partial charge in [-0.1, -0.05) is 84.2 Å². The van der Waals surface area contributed by atoms with Crippen molar-refractivity contribution in [1.82, 2.24) is 0 Å². The Labute approximate surface area is 233 Å². The summed E-state index contributed by atoms with van der Waals surface area (Å²) in [4.78, 5) is 12.7. The number of hydrogen-bond acceptors (Lipinski definition) is 2. The van der Waals surface area contributed by atoms with Gasteiger partial charge in [-0.05, 0) is 116 Å². The highest BCUT2D eigenvalue weighted by atomic mass is 16.5. The van der Waals surface area contributed by atoms with Crippen LogP contribution in [0.2, 0.25) is 0 Å². The standard InChI is InChI=1S/C36H54O2/c1-7-26(24(2)3)14-13-25(4)31-17-18-32-30-16-15-28-23-29(38-34(37)27-11-9-8-10-12-27)19-21-35(28,5)33(30)20-22-36(31,32)6/h8-12,15,24-26,29-33H,7,13-14,16-23H2,1-6H3/t25-,26-,29-,30+,31-,32+,33+,35-,36+/m0/s1. The van der Waals surface area contributed by atoms with Gasteiger partial charge >= 0.3 is 5.97 Å². The predicted octanol–water partition coefficient (Wildman–Crippen LogP) is 9.89. The van der Waals surface area contributed by atoms with Crippen LogP contribution in [0, 0.1) is 52.3 Å². The first kappa shape index (κ1) is 28.0. The Bertz CT molecular complexity index is 994. The molecule has 5 rings (SSSR count). The minimum absolute atomic E-state index is 0.0296. The van der Waals surface area contributed by atoms with Crippen molar-refractivity contribution in [3.05, 3.63) is 47.5 Å². The molecule has 210 valence electrons. The molecule has 9 atom stereocenters. The molecule has 0 heterocycles. The normalized spacial score (nSPS) is 38.0. The minimum Gasteiger partial charge on any atom is -0.458 e. The highest BCUT2D eigenvalue weighted by Gasteiger charge is 2.59. The van der Waals surface area contributed by atoms with Gasteiger partial charge in [0.25, 0.3) is 0 Å². The molecular weight excluding hydrogens is 464 g/mol. The quantitative estimate of drug-likeness (QED) is 0.253. The van der Waals surface area contributed by atoms with E-state index in [0.717, 1.165) is 54.3 Å². The summed E-state index contributed by atoms with van der Waals surface area (Å²) in [6.45, 7) is 15.1. The fourth-order valence-corrected chi connectivity index (χ4v) is 10.2. The molecular formula is C36H54O2. The summed E-state index contributed by atoms with van der Waals surface area (Å²) in [6, 6.07) is 9.50. The topological polar surface area (TPSA) is 26.3 Å². The number of rotatable bonds is 8. The third-order valence-electron chi connectivity index (χ3n) is 12.6. The lowest BCUT2D eigenvalue weighted by atomic mass is 9.47. The molecule has 0 unspecified atom stereocenters. The van der Waals surface area contributed by atoms with E-state index in [4.69, 9.17) is 4.74 Å². The number of fused-ring (bicyclic) bond motifs is 5. The summed E-state index contributed by atoms with van der Waals surface area (Å²) in [5.74, 6) is 5.86. The largest absolute Gasteiger partial charge is 0.458 e.